The summed E-state index contributed by atoms with van der Waals surface area (Å²) >= 11 is 0. The van der Waals surface area contributed by atoms with Crippen LogP contribution >= 0.6 is 0 Å². The zero-order chi connectivity index (χ0) is 20.5. The molecule has 1 aliphatic rings. The largest absolute Gasteiger partial charge is 0.354 e. The van der Waals surface area contributed by atoms with E-state index in [2.05, 4.69) is 58.3 Å². The lowest BCUT2D eigenvalue weighted by atomic mass is 10.1. The average molecular weight is 394 g/mol. The van der Waals surface area contributed by atoms with Crippen LogP contribution in [0.3, 0.4) is 0 Å². The highest BCUT2D eigenvalue weighted by atomic mass is 16.2. The summed E-state index contributed by atoms with van der Waals surface area (Å²) in [4.78, 5) is 25.7. The number of hydrogen-bond acceptors (Lipinski definition) is 5. The number of amides is 1. The van der Waals surface area contributed by atoms with Gasteiger partial charge in [-0.25, -0.2) is 9.97 Å². The minimum atomic E-state index is -0.0150. The molecule has 0 unspecified atom stereocenters. The number of benzene rings is 1. The van der Waals surface area contributed by atoms with Gasteiger partial charge in [-0.05, 0) is 24.0 Å². The Morgan fingerprint density at radius 2 is 1.90 bits per heavy atom. The Morgan fingerprint density at radius 1 is 1.14 bits per heavy atom. The molecule has 0 atom stereocenters. The van der Waals surface area contributed by atoms with Crippen molar-refractivity contribution in [3.63, 3.8) is 0 Å². The van der Waals surface area contributed by atoms with Gasteiger partial charge < -0.3 is 10.2 Å². The van der Waals surface area contributed by atoms with Gasteiger partial charge in [-0.1, -0.05) is 56.3 Å². The van der Waals surface area contributed by atoms with Gasteiger partial charge in [0.15, 0.2) is 0 Å². The fraction of sp³-hybridized carbons (Fsp3) is 0.435. The van der Waals surface area contributed by atoms with Gasteiger partial charge in [0, 0.05) is 45.5 Å². The van der Waals surface area contributed by atoms with Crippen molar-refractivity contribution in [2.45, 2.75) is 20.3 Å². The molecule has 0 saturated carbocycles. The quantitative estimate of drug-likeness (QED) is 0.745. The molecule has 1 fully saturated rings. The molecule has 0 spiro atoms. The van der Waals surface area contributed by atoms with Gasteiger partial charge in [0.25, 0.3) is 5.91 Å². The van der Waals surface area contributed by atoms with Crippen molar-refractivity contribution < 1.29 is 4.79 Å². The number of carbonyl (C=O) groups excluding carboxylic acids is 1. The van der Waals surface area contributed by atoms with Gasteiger partial charge in [0.05, 0.1) is 0 Å². The monoisotopic (exact) mass is 393 g/mol. The van der Waals surface area contributed by atoms with E-state index < -0.39 is 0 Å². The van der Waals surface area contributed by atoms with Crippen molar-refractivity contribution in [3.8, 4) is 0 Å². The minimum Gasteiger partial charge on any atom is -0.354 e. The number of nitrogens with one attached hydrogen (secondary N) is 1. The van der Waals surface area contributed by atoms with E-state index in [9.17, 15) is 4.79 Å². The first-order chi connectivity index (χ1) is 14.1. The van der Waals surface area contributed by atoms with Gasteiger partial charge in [-0.3, -0.25) is 9.69 Å². The maximum atomic E-state index is 12.8. The molecule has 6 heteroatoms. The number of nitrogens with zero attached hydrogens (tertiary/aromatic N) is 4. The first kappa shape index (κ1) is 21.0. The number of hydrogen-bond donors (Lipinski definition) is 1. The average Bonchev–Trinajstić information content (AvgIpc) is 2.74. The van der Waals surface area contributed by atoms with Crippen LogP contribution in [0.5, 0.6) is 0 Å². The Bertz CT molecular complexity index is 798. The van der Waals surface area contributed by atoms with Gasteiger partial charge in [-0.15, -0.1) is 0 Å². The van der Waals surface area contributed by atoms with Crippen LogP contribution in [-0.2, 0) is 0 Å². The summed E-state index contributed by atoms with van der Waals surface area (Å²) in [6.45, 7) is 9.25. The highest BCUT2D eigenvalue weighted by Crippen LogP contribution is 2.10. The van der Waals surface area contributed by atoms with Crippen LogP contribution in [0, 0.1) is 5.92 Å². The van der Waals surface area contributed by atoms with Gasteiger partial charge in [0.1, 0.15) is 5.69 Å². The van der Waals surface area contributed by atoms with Crippen molar-refractivity contribution in [1.29, 1.82) is 0 Å². The van der Waals surface area contributed by atoms with E-state index in [1.165, 1.54) is 5.56 Å². The highest BCUT2D eigenvalue weighted by Gasteiger charge is 2.22. The second kappa shape index (κ2) is 10.7. The predicted molar refractivity (Wildman–Crippen MR) is 118 cm³/mol. The molecule has 1 aliphatic heterocycles. The van der Waals surface area contributed by atoms with E-state index in [0.717, 1.165) is 45.7 Å². The van der Waals surface area contributed by atoms with Crippen LogP contribution in [0.4, 0.5) is 5.95 Å². The molecule has 1 saturated heterocycles. The smallest absolute Gasteiger partial charge is 0.272 e. The lowest BCUT2D eigenvalue weighted by Gasteiger charge is -2.34. The van der Waals surface area contributed by atoms with E-state index in [-0.39, 0.29) is 5.91 Å². The van der Waals surface area contributed by atoms with Crippen LogP contribution in [0.1, 0.15) is 36.3 Å². The summed E-state index contributed by atoms with van der Waals surface area (Å²) in [7, 11) is 0. The van der Waals surface area contributed by atoms with Crippen molar-refractivity contribution in [2.75, 3.05) is 44.6 Å². The zero-order valence-electron chi connectivity index (χ0n) is 17.4. The molecule has 1 aromatic carbocycles. The third-order valence-electron chi connectivity index (χ3n) is 5.01. The Kier molecular flexibility index (Phi) is 7.76. The molecule has 2 heterocycles. The zero-order valence-corrected chi connectivity index (χ0v) is 17.4. The van der Waals surface area contributed by atoms with Crippen molar-refractivity contribution in [2.24, 2.45) is 5.92 Å². The van der Waals surface area contributed by atoms with E-state index in [0.29, 0.717) is 17.6 Å². The standard InChI is InChI=1S/C23H31N5O/c1-19(2)10-12-24-23-25-13-11-21(26-23)22(29)28-17-15-27(16-18-28)14-6-9-20-7-4-3-5-8-20/h3-9,11,13,19H,10,12,14-18H2,1-2H3,(H,24,25,26)/b9-6+. The third-order valence-corrected chi connectivity index (χ3v) is 5.01. The first-order valence-electron chi connectivity index (χ1n) is 10.4. The van der Waals surface area contributed by atoms with Gasteiger partial charge in [-0.2, -0.15) is 0 Å². The summed E-state index contributed by atoms with van der Waals surface area (Å²) in [5.74, 6) is 1.13. The summed E-state index contributed by atoms with van der Waals surface area (Å²) in [5.41, 5.74) is 1.67. The molecule has 0 radical (unpaired) electrons. The van der Waals surface area contributed by atoms with Crippen LogP contribution < -0.4 is 5.32 Å². The lowest BCUT2D eigenvalue weighted by Crippen LogP contribution is -2.48. The molecule has 0 aliphatic carbocycles. The minimum absolute atomic E-state index is 0.0150. The fourth-order valence-electron chi connectivity index (χ4n) is 3.23. The van der Waals surface area contributed by atoms with Crippen molar-refractivity contribution >= 4 is 17.9 Å². The molecule has 29 heavy (non-hydrogen) atoms. The Hall–Kier alpha value is -2.73. The fourth-order valence-corrected chi connectivity index (χ4v) is 3.23. The lowest BCUT2D eigenvalue weighted by molar-refractivity contribution is 0.0644. The molecular formula is C23H31N5O. The van der Waals surface area contributed by atoms with Crippen LogP contribution in [-0.4, -0.2) is 64.9 Å². The summed E-state index contributed by atoms with van der Waals surface area (Å²) < 4.78 is 0. The SMILES string of the molecule is CC(C)CCNc1nccc(C(=O)N2CCN(C/C=C/c3ccccc3)CC2)n1. The number of anilines is 1. The molecular weight excluding hydrogens is 362 g/mol. The summed E-state index contributed by atoms with van der Waals surface area (Å²) in [6.07, 6.45) is 7.03. The number of rotatable bonds is 8. The molecule has 154 valence electrons. The number of piperazine rings is 1. The summed E-state index contributed by atoms with van der Waals surface area (Å²) in [5, 5.41) is 3.21. The molecule has 1 N–H and O–H groups in total. The van der Waals surface area contributed by atoms with E-state index in [4.69, 9.17) is 0 Å². The molecule has 2 aromatic rings. The Balaban J connectivity index is 1.46. The molecule has 1 aromatic heterocycles. The van der Waals surface area contributed by atoms with Crippen LogP contribution in [0.25, 0.3) is 6.08 Å². The Morgan fingerprint density at radius 3 is 2.62 bits per heavy atom. The Labute approximate surface area is 173 Å². The predicted octanol–water partition coefficient (Wildman–Crippen LogP) is 3.41. The van der Waals surface area contributed by atoms with Gasteiger partial charge >= 0.3 is 0 Å². The first-order valence-corrected chi connectivity index (χ1v) is 10.4. The molecule has 1 amide bonds. The number of aromatic nitrogens is 2. The topological polar surface area (TPSA) is 61.4 Å². The van der Waals surface area contributed by atoms with E-state index >= 15 is 0 Å². The van der Waals surface area contributed by atoms with Crippen molar-refractivity contribution in [3.05, 3.63) is 59.9 Å². The van der Waals surface area contributed by atoms with Crippen molar-refractivity contribution in [1.82, 2.24) is 19.8 Å². The van der Waals surface area contributed by atoms with Crippen LogP contribution in [0.15, 0.2) is 48.7 Å². The second-order valence-corrected chi connectivity index (χ2v) is 7.78. The van der Waals surface area contributed by atoms with Gasteiger partial charge in [0.2, 0.25) is 5.95 Å². The second-order valence-electron chi connectivity index (χ2n) is 7.78. The van der Waals surface area contributed by atoms with Crippen LogP contribution in [0.2, 0.25) is 0 Å². The maximum Gasteiger partial charge on any atom is 0.272 e. The molecule has 3 rings (SSSR count). The van der Waals surface area contributed by atoms with E-state index in [1.807, 2.05) is 23.1 Å². The number of carbonyl (C=O) groups is 1. The normalized spacial score (nSPS) is 15.2. The van der Waals surface area contributed by atoms with E-state index in [1.54, 1.807) is 12.3 Å². The summed E-state index contributed by atoms with van der Waals surface area (Å²) in [6, 6.07) is 12.0. The highest BCUT2D eigenvalue weighted by molar-refractivity contribution is 5.92. The molecule has 6 nitrogen and oxygen atoms in total. The third kappa shape index (κ3) is 6.68. The molecule has 0 bridgehead atoms. The maximum absolute atomic E-state index is 12.8.